The summed E-state index contributed by atoms with van der Waals surface area (Å²) in [4.78, 5) is 24.5. The number of nitrogens with zero attached hydrogens (tertiary/aromatic N) is 1. The molecule has 114 valence electrons. The van der Waals surface area contributed by atoms with Crippen LogP contribution in [0.5, 0.6) is 0 Å². The number of benzene rings is 1. The number of carboxylic acid groups (broad SMARTS) is 1. The second-order valence-corrected chi connectivity index (χ2v) is 5.45. The number of piperidine rings is 1. The molecule has 0 spiro atoms. The predicted molar refractivity (Wildman–Crippen MR) is 76.7 cm³/mol. The van der Waals surface area contributed by atoms with Gasteiger partial charge in [-0.05, 0) is 49.4 Å². The van der Waals surface area contributed by atoms with Crippen molar-refractivity contribution in [1.82, 2.24) is 4.90 Å². The van der Waals surface area contributed by atoms with E-state index in [0.29, 0.717) is 24.3 Å². The topological polar surface area (TPSA) is 69.6 Å². The van der Waals surface area contributed by atoms with Crippen molar-refractivity contribution in [3.63, 3.8) is 0 Å². The van der Waals surface area contributed by atoms with Crippen LogP contribution in [0.25, 0.3) is 0 Å². The van der Waals surface area contributed by atoms with Gasteiger partial charge < -0.3 is 15.3 Å². The Morgan fingerprint density at radius 3 is 2.90 bits per heavy atom. The quantitative estimate of drug-likeness (QED) is 0.900. The molecular formula is C15H19FN2O3. The lowest BCUT2D eigenvalue weighted by molar-refractivity contribution is -0.138. The predicted octanol–water partition coefficient (Wildman–Crippen LogP) is 2.85. The number of hydrogen-bond donors (Lipinski definition) is 2. The molecule has 1 fully saturated rings. The molecule has 1 aromatic carbocycles. The van der Waals surface area contributed by atoms with Crippen molar-refractivity contribution in [2.75, 3.05) is 18.4 Å². The van der Waals surface area contributed by atoms with E-state index < -0.39 is 5.97 Å². The Balaban J connectivity index is 1.96. The molecule has 1 aliphatic heterocycles. The van der Waals surface area contributed by atoms with Crippen molar-refractivity contribution >= 4 is 17.7 Å². The Kier molecular flexibility index (Phi) is 4.77. The van der Waals surface area contributed by atoms with Gasteiger partial charge in [0, 0.05) is 25.2 Å². The molecule has 5 nitrogen and oxygen atoms in total. The molecule has 1 aliphatic rings. The fourth-order valence-electron chi connectivity index (χ4n) is 2.59. The van der Waals surface area contributed by atoms with E-state index in [2.05, 4.69) is 5.32 Å². The minimum absolute atomic E-state index is 0.00282. The maximum atomic E-state index is 13.2. The smallest absolute Gasteiger partial charge is 0.321 e. The van der Waals surface area contributed by atoms with E-state index in [1.54, 1.807) is 17.9 Å². The number of rotatable bonds is 3. The zero-order valence-electron chi connectivity index (χ0n) is 11.9. The Morgan fingerprint density at radius 1 is 1.48 bits per heavy atom. The summed E-state index contributed by atoms with van der Waals surface area (Å²) in [6, 6.07) is 4.13. The van der Waals surface area contributed by atoms with Crippen LogP contribution in [0.4, 0.5) is 14.9 Å². The number of carboxylic acids is 1. The van der Waals surface area contributed by atoms with E-state index in [1.165, 1.54) is 12.1 Å². The largest absolute Gasteiger partial charge is 0.481 e. The zero-order chi connectivity index (χ0) is 15.4. The second-order valence-electron chi connectivity index (χ2n) is 5.45. The monoisotopic (exact) mass is 294 g/mol. The van der Waals surface area contributed by atoms with Crippen molar-refractivity contribution in [2.24, 2.45) is 5.92 Å². The molecule has 2 N–H and O–H groups in total. The summed E-state index contributed by atoms with van der Waals surface area (Å²) < 4.78 is 13.2. The highest BCUT2D eigenvalue weighted by Gasteiger charge is 2.25. The average molecular weight is 294 g/mol. The number of carbonyl (C=O) groups excluding carboxylic acids is 1. The summed E-state index contributed by atoms with van der Waals surface area (Å²) >= 11 is 0. The van der Waals surface area contributed by atoms with E-state index in [4.69, 9.17) is 5.11 Å². The normalized spacial score (nSPS) is 18.4. The lowest BCUT2D eigenvalue weighted by Crippen LogP contribution is -2.42. The van der Waals surface area contributed by atoms with Gasteiger partial charge in [-0.3, -0.25) is 4.79 Å². The first kappa shape index (κ1) is 15.3. The van der Waals surface area contributed by atoms with Crippen LogP contribution in [0.2, 0.25) is 0 Å². The minimum Gasteiger partial charge on any atom is -0.481 e. The first-order valence-electron chi connectivity index (χ1n) is 6.99. The summed E-state index contributed by atoms with van der Waals surface area (Å²) in [5.74, 6) is -1.15. The summed E-state index contributed by atoms with van der Waals surface area (Å²) in [6.45, 7) is 2.69. The lowest BCUT2D eigenvalue weighted by atomic mass is 9.95. The van der Waals surface area contributed by atoms with Crippen LogP contribution in [-0.4, -0.2) is 35.1 Å². The van der Waals surface area contributed by atoms with Gasteiger partial charge in [0.2, 0.25) is 0 Å². The summed E-state index contributed by atoms with van der Waals surface area (Å²) in [5.41, 5.74) is 1.01. The number of nitrogens with one attached hydrogen (secondary N) is 1. The molecule has 1 heterocycles. The number of aliphatic carboxylic acids is 1. The number of carbonyl (C=O) groups is 2. The van der Waals surface area contributed by atoms with Gasteiger partial charge in [-0.15, -0.1) is 0 Å². The number of hydrogen-bond acceptors (Lipinski definition) is 2. The molecule has 2 amide bonds. The van der Waals surface area contributed by atoms with Crippen molar-refractivity contribution < 1.29 is 19.1 Å². The zero-order valence-corrected chi connectivity index (χ0v) is 11.9. The molecule has 6 heteroatoms. The number of anilines is 1. The summed E-state index contributed by atoms with van der Waals surface area (Å²) in [6.07, 6.45) is 1.71. The molecule has 0 radical (unpaired) electrons. The average Bonchev–Trinajstić information content (AvgIpc) is 2.42. The van der Waals surface area contributed by atoms with Crippen molar-refractivity contribution in [3.8, 4) is 0 Å². The Bertz CT molecular complexity index is 548. The van der Waals surface area contributed by atoms with Crippen LogP contribution < -0.4 is 5.32 Å². The fourth-order valence-corrected chi connectivity index (χ4v) is 2.59. The molecule has 1 aromatic rings. The summed E-state index contributed by atoms with van der Waals surface area (Å²) in [5, 5.41) is 11.6. The number of halogens is 1. The van der Waals surface area contributed by atoms with Gasteiger partial charge in [0.05, 0.1) is 0 Å². The highest BCUT2D eigenvalue weighted by atomic mass is 19.1. The van der Waals surface area contributed by atoms with Crippen LogP contribution in [-0.2, 0) is 4.79 Å². The van der Waals surface area contributed by atoms with Gasteiger partial charge in [0.15, 0.2) is 0 Å². The van der Waals surface area contributed by atoms with Gasteiger partial charge >= 0.3 is 12.0 Å². The third kappa shape index (κ3) is 4.18. The molecule has 0 bridgehead atoms. The number of likely N-dealkylation sites (tertiary alicyclic amines) is 1. The van der Waals surface area contributed by atoms with E-state index >= 15 is 0 Å². The van der Waals surface area contributed by atoms with Crippen LogP contribution in [0.15, 0.2) is 18.2 Å². The highest BCUT2D eigenvalue weighted by molar-refractivity contribution is 5.89. The molecule has 21 heavy (non-hydrogen) atoms. The molecule has 1 saturated heterocycles. The lowest BCUT2D eigenvalue weighted by Gasteiger charge is -2.32. The van der Waals surface area contributed by atoms with Crippen molar-refractivity contribution in [2.45, 2.75) is 26.2 Å². The minimum atomic E-state index is -0.837. The Hall–Kier alpha value is -2.11. The molecule has 1 unspecified atom stereocenters. The Labute approximate surface area is 122 Å². The van der Waals surface area contributed by atoms with Gasteiger partial charge in [-0.2, -0.15) is 0 Å². The van der Waals surface area contributed by atoms with Crippen LogP contribution in [0, 0.1) is 18.7 Å². The van der Waals surface area contributed by atoms with Crippen LogP contribution in [0.3, 0.4) is 0 Å². The van der Waals surface area contributed by atoms with E-state index in [9.17, 15) is 14.0 Å². The molecule has 0 aliphatic carbocycles. The maximum Gasteiger partial charge on any atom is 0.321 e. The number of urea groups is 1. The van der Waals surface area contributed by atoms with Crippen molar-refractivity contribution in [1.29, 1.82) is 0 Å². The van der Waals surface area contributed by atoms with Crippen LogP contribution >= 0.6 is 0 Å². The van der Waals surface area contributed by atoms with E-state index in [0.717, 1.165) is 12.8 Å². The third-order valence-corrected chi connectivity index (χ3v) is 3.68. The summed E-state index contributed by atoms with van der Waals surface area (Å²) in [7, 11) is 0. The first-order valence-corrected chi connectivity index (χ1v) is 6.99. The Morgan fingerprint density at radius 2 is 2.24 bits per heavy atom. The fraction of sp³-hybridized carbons (Fsp3) is 0.467. The van der Waals surface area contributed by atoms with Gasteiger partial charge in [0.1, 0.15) is 5.82 Å². The maximum absolute atomic E-state index is 13.2. The van der Waals surface area contributed by atoms with E-state index in [-0.39, 0.29) is 24.2 Å². The van der Waals surface area contributed by atoms with Gasteiger partial charge in [-0.1, -0.05) is 0 Å². The molecule has 1 atom stereocenters. The number of aryl methyl sites for hydroxylation is 1. The van der Waals surface area contributed by atoms with Crippen LogP contribution in [0.1, 0.15) is 24.8 Å². The third-order valence-electron chi connectivity index (χ3n) is 3.68. The first-order chi connectivity index (χ1) is 9.95. The molecule has 0 aromatic heterocycles. The van der Waals surface area contributed by atoms with Gasteiger partial charge in [-0.25, -0.2) is 9.18 Å². The van der Waals surface area contributed by atoms with Gasteiger partial charge in [0.25, 0.3) is 0 Å². The highest BCUT2D eigenvalue weighted by Crippen LogP contribution is 2.21. The number of amides is 2. The van der Waals surface area contributed by atoms with Crippen molar-refractivity contribution in [3.05, 3.63) is 29.6 Å². The molecule has 2 rings (SSSR count). The SMILES string of the molecule is Cc1cc(NC(=O)N2CCCC(CC(=O)O)C2)ccc1F. The molecule has 0 saturated carbocycles. The van der Waals surface area contributed by atoms with E-state index in [1.807, 2.05) is 0 Å². The second kappa shape index (κ2) is 6.56. The standard InChI is InChI=1S/C15H19FN2O3/c1-10-7-12(4-5-13(10)16)17-15(21)18-6-2-3-11(9-18)8-14(19)20/h4-5,7,11H,2-3,6,8-9H2,1H3,(H,17,21)(H,19,20). The molecular weight excluding hydrogens is 275 g/mol.